The summed E-state index contributed by atoms with van der Waals surface area (Å²) in [5, 5.41) is 0.295. The molecule has 0 saturated heterocycles. The maximum atomic E-state index is 13.5. The van der Waals surface area contributed by atoms with Crippen molar-refractivity contribution in [3.8, 4) is 11.3 Å². The Hall–Kier alpha value is -2.47. The number of ether oxygens (including phenoxy) is 1. The number of hydrogen-bond acceptors (Lipinski definition) is 4. The first kappa shape index (κ1) is 14.5. The van der Waals surface area contributed by atoms with Gasteiger partial charge >= 0.3 is 5.97 Å². The normalized spacial score (nSPS) is 10.9. The molecule has 2 aromatic heterocycles. The summed E-state index contributed by atoms with van der Waals surface area (Å²) >= 11 is 6.13. The van der Waals surface area contributed by atoms with Crippen LogP contribution in [0.15, 0.2) is 36.8 Å². The highest BCUT2D eigenvalue weighted by Gasteiger charge is 2.23. The lowest BCUT2D eigenvalue weighted by molar-refractivity contribution is 0.0519. The average molecular weight is 320 g/mol. The van der Waals surface area contributed by atoms with Gasteiger partial charge in [-0.05, 0) is 31.2 Å². The fourth-order valence-corrected chi connectivity index (χ4v) is 2.37. The summed E-state index contributed by atoms with van der Waals surface area (Å²) in [7, 11) is 0. The summed E-state index contributed by atoms with van der Waals surface area (Å²) in [6.07, 6.45) is 3.00. The molecule has 0 aliphatic rings. The lowest BCUT2D eigenvalue weighted by Crippen LogP contribution is -2.09. The van der Waals surface area contributed by atoms with Crippen LogP contribution < -0.4 is 0 Å². The number of imidazole rings is 1. The van der Waals surface area contributed by atoms with E-state index in [1.807, 2.05) is 0 Å². The summed E-state index contributed by atoms with van der Waals surface area (Å²) < 4.78 is 20.1. The molecule has 0 amide bonds. The van der Waals surface area contributed by atoms with E-state index in [2.05, 4.69) is 9.97 Å². The molecule has 0 atom stereocenters. The monoisotopic (exact) mass is 319 g/mol. The predicted molar refractivity (Wildman–Crippen MR) is 79.3 cm³/mol. The minimum absolute atomic E-state index is 0.164. The number of nitrogens with zero attached hydrogens (tertiary/aromatic N) is 3. The van der Waals surface area contributed by atoms with E-state index in [9.17, 15) is 9.18 Å². The fourth-order valence-electron chi connectivity index (χ4n) is 2.16. The Morgan fingerprint density at radius 2 is 2.23 bits per heavy atom. The van der Waals surface area contributed by atoms with E-state index in [4.69, 9.17) is 16.3 Å². The zero-order valence-electron chi connectivity index (χ0n) is 11.6. The van der Waals surface area contributed by atoms with Crippen LogP contribution in [0.2, 0.25) is 5.02 Å². The SMILES string of the molecule is CCOC(=O)c1c(-c2cc(F)ccc2Cl)nc2ccncn12. The van der Waals surface area contributed by atoms with Crippen LogP contribution in [0.4, 0.5) is 4.39 Å². The average Bonchev–Trinajstić information content (AvgIpc) is 2.89. The lowest BCUT2D eigenvalue weighted by atomic mass is 10.1. The first-order valence-corrected chi connectivity index (χ1v) is 6.94. The van der Waals surface area contributed by atoms with Crippen molar-refractivity contribution in [2.75, 3.05) is 6.61 Å². The number of rotatable bonds is 3. The minimum Gasteiger partial charge on any atom is -0.461 e. The Morgan fingerprint density at radius 3 is 3.00 bits per heavy atom. The number of halogens is 2. The molecule has 112 valence electrons. The second-order valence-electron chi connectivity index (χ2n) is 4.46. The summed E-state index contributed by atoms with van der Waals surface area (Å²) in [6, 6.07) is 5.54. The van der Waals surface area contributed by atoms with Gasteiger partial charge in [-0.1, -0.05) is 11.6 Å². The van der Waals surface area contributed by atoms with Crippen LogP contribution >= 0.6 is 11.6 Å². The Bertz CT molecular complexity index is 863. The highest BCUT2D eigenvalue weighted by Crippen LogP contribution is 2.31. The van der Waals surface area contributed by atoms with Crippen LogP contribution in [0.3, 0.4) is 0 Å². The second kappa shape index (κ2) is 5.73. The lowest BCUT2D eigenvalue weighted by Gasteiger charge is -2.06. The van der Waals surface area contributed by atoms with Crippen LogP contribution in [0.25, 0.3) is 16.9 Å². The Morgan fingerprint density at radius 1 is 1.41 bits per heavy atom. The van der Waals surface area contributed by atoms with Crippen molar-refractivity contribution in [1.29, 1.82) is 0 Å². The quantitative estimate of drug-likeness (QED) is 0.695. The van der Waals surface area contributed by atoms with Crippen molar-refractivity contribution in [2.45, 2.75) is 6.92 Å². The van der Waals surface area contributed by atoms with Gasteiger partial charge in [-0.2, -0.15) is 0 Å². The topological polar surface area (TPSA) is 56.5 Å². The van der Waals surface area contributed by atoms with Crippen LogP contribution in [-0.2, 0) is 4.74 Å². The Balaban J connectivity index is 2.31. The molecule has 0 unspecified atom stereocenters. The molecule has 0 fully saturated rings. The molecule has 5 nitrogen and oxygen atoms in total. The van der Waals surface area contributed by atoms with Gasteiger partial charge in [0.15, 0.2) is 5.69 Å². The maximum Gasteiger partial charge on any atom is 0.357 e. The van der Waals surface area contributed by atoms with Crippen LogP contribution in [-0.4, -0.2) is 26.9 Å². The van der Waals surface area contributed by atoms with Crippen LogP contribution in [0.5, 0.6) is 0 Å². The van der Waals surface area contributed by atoms with E-state index in [-0.39, 0.29) is 18.0 Å². The molecule has 0 radical (unpaired) electrons. The number of benzene rings is 1. The van der Waals surface area contributed by atoms with Gasteiger partial charge in [-0.15, -0.1) is 0 Å². The molecular weight excluding hydrogens is 309 g/mol. The van der Waals surface area contributed by atoms with Gasteiger partial charge in [0.1, 0.15) is 23.5 Å². The molecule has 7 heteroatoms. The summed E-state index contributed by atoms with van der Waals surface area (Å²) in [6.45, 7) is 1.91. The van der Waals surface area contributed by atoms with Gasteiger partial charge in [0.2, 0.25) is 0 Å². The molecule has 3 aromatic rings. The molecule has 0 bridgehead atoms. The van der Waals surface area contributed by atoms with E-state index in [1.165, 1.54) is 28.9 Å². The van der Waals surface area contributed by atoms with Crippen LogP contribution in [0.1, 0.15) is 17.4 Å². The summed E-state index contributed by atoms with van der Waals surface area (Å²) in [5.41, 5.74) is 1.25. The molecule has 0 aliphatic heterocycles. The Labute approximate surface area is 130 Å². The third-order valence-corrected chi connectivity index (χ3v) is 3.41. The molecule has 3 rings (SSSR count). The van der Waals surface area contributed by atoms with E-state index < -0.39 is 11.8 Å². The standard InChI is InChI=1S/C15H11ClFN3O2/c1-2-22-15(21)14-13(10-7-9(17)3-4-11(10)16)19-12-5-6-18-8-20(12)14/h3-8H,2H2,1H3. The van der Waals surface area contributed by atoms with E-state index >= 15 is 0 Å². The molecule has 2 heterocycles. The highest BCUT2D eigenvalue weighted by atomic mass is 35.5. The van der Waals surface area contributed by atoms with Crippen molar-refractivity contribution in [1.82, 2.24) is 14.4 Å². The van der Waals surface area contributed by atoms with Crippen molar-refractivity contribution in [2.24, 2.45) is 0 Å². The highest BCUT2D eigenvalue weighted by molar-refractivity contribution is 6.33. The van der Waals surface area contributed by atoms with Gasteiger partial charge in [0.25, 0.3) is 0 Å². The van der Waals surface area contributed by atoms with Crippen molar-refractivity contribution < 1.29 is 13.9 Å². The first-order valence-electron chi connectivity index (χ1n) is 6.56. The van der Waals surface area contributed by atoms with E-state index in [1.54, 1.807) is 19.2 Å². The molecular formula is C15H11ClFN3O2. The largest absolute Gasteiger partial charge is 0.461 e. The smallest absolute Gasteiger partial charge is 0.357 e. The fraction of sp³-hybridized carbons (Fsp3) is 0.133. The minimum atomic E-state index is -0.571. The number of hydrogen-bond donors (Lipinski definition) is 0. The predicted octanol–water partition coefficient (Wildman–Crippen LogP) is 3.37. The molecule has 0 N–H and O–H groups in total. The van der Waals surface area contributed by atoms with Gasteiger partial charge in [-0.25, -0.2) is 19.2 Å². The second-order valence-corrected chi connectivity index (χ2v) is 4.87. The zero-order valence-corrected chi connectivity index (χ0v) is 12.3. The number of aromatic nitrogens is 3. The van der Waals surface area contributed by atoms with Crippen molar-refractivity contribution in [3.05, 3.63) is 53.3 Å². The first-order chi connectivity index (χ1) is 10.6. The van der Waals surface area contributed by atoms with Gasteiger partial charge in [-0.3, -0.25) is 4.40 Å². The third-order valence-electron chi connectivity index (χ3n) is 3.08. The van der Waals surface area contributed by atoms with Gasteiger partial charge in [0, 0.05) is 11.8 Å². The summed E-state index contributed by atoms with van der Waals surface area (Å²) in [5.74, 6) is -1.04. The number of carbonyl (C=O) groups is 1. The number of carbonyl (C=O) groups excluding carboxylic acids is 1. The number of fused-ring (bicyclic) bond motifs is 1. The molecule has 1 aromatic carbocycles. The van der Waals surface area contributed by atoms with E-state index in [0.29, 0.717) is 16.2 Å². The van der Waals surface area contributed by atoms with Crippen molar-refractivity contribution in [3.63, 3.8) is 0 Å². The molecule has 22 heavy (non-hydrogen) atoms. The van der Waals surface area contributed by atoms with Crippen molar-refractivity contribution >= 4 is 23.2 Å². The third kappa shape index (κ3) is 2.42. The van der Waals surface area contributed by atoms with E-state index in [0.717, 1.165) is 0 Å². The molecule has 0 saturated carbocycles. The number of esters is 1. The van der Waals surface area contributed by atoms with Gasteiger partial charge in [0.05, 0.1) is 11.6 Å². The molecule has 0 spiro atoms. The Kier molecular flexibility index (Phi) is 3.77. The van der Waals surface area contributed by atoms with Gasteiger partial charge < -0.3 is 4.74 Å². The van der Waals surface area contributed by atoms with Crippen LogP contribution in [0, 0.1) is 5.82 Å². The zero-order chi connectivity index (χ0) is 15.7. The maximum absolute atomic E-state index is 13.5. The summed E-state index contributed by atoms with van der Waals surface area (Å²) in [4.78, 5) is 20.6. The molecule has 0 aliphatic carbocycles.